The van der Waals surface area contributed by atoms with Gasteiger partial charge in [-0.05, 0) is 78.3 Å². The van der Waals surface area contributed by atoms with Gasteiger partial charge in [0.05, 0.1) is 11.4 Å². The number of nitrogens with one attached hydrogen (secondary N) is 2. The first-order valence-electron chi connectivity index (χ1n) is 8.43. The second kappa shape index (κ2) is 8.79. The number of carbonyl (C=O) groups excluding carboxylic acids is 1. The van der Waals surface area contributed by atoms with Crippen molar-refractivity contribution in [1.29, 1.82) is 0 Å². The Kier molecular flexibility index (Phi) is 6.44. The maximum atomic E-state index is 12.3. The molecule has 136 valence electrons. The van der Waals surface area contributed by atoms with Crippen molar-refractivity contribution < 1.29 is 4.79 Å². The van der Waals surface area contributed by atoms with E-state index in [2.05, 4.69) is 56.1 Å². The van der Waals surface area contributed by atoms with Crippen molar-refractivity contribution in [2.24, 2.45) is 0 Å². The van der Waals surface area contributed by atoms with E-state index in [1.54, 1.807) is 12.1 Å². The minimum absolute atomic E-state index is 0.212. The summed E-state index contributed by atoms with van der Waals surface area (Å²) in [7, 11) is 2.14. The molecule has 0 saturated carbocycles. The van der Waals surface area contributed by atoms with Gasteiger partial charge in [0, 0.05) is 35.3 Å². The molecular weight excluding hydrogens is 459 g/mol. The first-order chi connectivity index (χ1) is 12.5. The van der Waals surface area contributed by atoms with Gasteiger partial charge in [0.2, 0.25) is 0 Å². The van der Waals surface area contributed by atoms with Gasteiger partial charge in [0.25, 0.3) is 5.91 Å². The summed E-state index contributed by atoms with van der Waals surface area (Å²) in [4.78, 5) is 17.0. The molecular formula is C19H21IN4OS. The van der Waals surface area contributed by atoms with E-state index in [1.807, 2.05) is 30.3 Å². The molecule has 1 aliphatic rings. The molecule has 2 aromatic rings. The van der Waals surface area contributed by atoms with Crippen molar-refractivity contribution in [2.75, 3.05) is 43.4 Å². The predicted octanol–water partition coefficient (Wildman–Crippen LogP) is 3.17. The third kappa shape index (κ3) is 4.93. The predicted molar refractivity (Wildman–Crippen MR) is 119 cm³/mol. The molecule has 3 rings (SSSR count). The van der Waals surface area contributed by atoms with Gasteiger partial charge >= 0.3 is 0 Å². The van der Waals surface area contributed by atoms with E-state index in [9.17, 15) is 4.79 Å². The topological polar surface area (TPSA) is 47.6 Å². The Labute approximate surface area is 172 Å². The summed E-state index contributed by atoms with van der Waals surface area (Å²) in [5.74, 6) is -0.212. The fourth-order valence-electron chi connectivity index (χ4n) is 2.83. The normalized spacial score (nSPS) is 14.8. The van der Waals surface area contributed by atoms with E-state index >= 15 is 0 Å². The number of piperazine rings is 1. The lowest BCUT2D eigenvalue weighted by Crippen LogP contribution is -2.45. The Bertz CT molecular complexity index is 788. The SMILES string of the molecule is CN1CCN(c2ccccc2NC(=S)NC(=O)c2ccc(I)cc2)CC1. The molecule has 1 heterocycles. The summed E-state index contributed by atoms with van der Waals surface area (Å²) in [5.41, 5.74) is 2.60. The minimum Gasteiger partial charge on any atom is -0.367 e. The molecule has 0 unspecified atom stereocenters. The number of amides is 1. The van der Waals surface area contributed by atoms with Gasteiger partial charge in [0.15, 0.2) is 5.11 Å². The van der Waals surface area contributed by atoms with Crippen LogP contribution in [0.5, 0.6) is 0 Å². The lowest BCUT2D eigenvalue weighted by Gasteiger charge is -2.35. The number of hydrogen-bond donors (Lipinski definition) is 2. The zero-order chi connectivity index (χ0) is 18.5. The molecule has 0 radical (unpaired) electrons. The first kappa shape index (κ1) is 19.1. The first-order valence-corrected chi connectivity index (χ1v) is 9.92. The van der Waals surface area contributed by atoms with Crippen LogP contribution in [0.2, 0.25) is 0 Å². The number of hydrogen-bond acceptors (Lipinski definition) is 4. The van der Waals surface area contributed by atoms with Gasteiger partial charge in [-0.1, -0.05) is 12.1 Å². The number of anilines is 2. The molecule has 2 aromatic carbocycles. The highest BCUT2D eigenvalue weighted by molar-refractivity contribution is 14.1. The third-order valence-electron chi connectivity index (χ3n) is 4.33. The quantitative estimate of drug-likeness (QED) is 0.522. The lowest BCUT2D eigenvalue weighted by molar-refractivity contribution is 0.0977. The van der Waals surface area contributed by atoms with Crippen LogP contribution in [0.15, 0.2) is 48.5 Å². The van der Waals surface area contributed by atoms with E-state index in [0.717, 1.165) is 41.1 Å². The van der Waals surface area contributed by atoms with E-state index < -0.39 is 0 Å². The summed E-state index contributed by atoms with van der Waals surface area (Å²) < 4.78 is 1.08. The Morgan fingerprint density at radius 1 is 1.04 bits per heavy atom. The largest absolute Gasteiger partial charge is 0.367 e. The second-order valence-electron chi connectivity index (χ2n) is 6.22. The molecule has 0 spiro atoms. The van der Waals surface area contributed by atoms with Crippen molar-refractivity contribution in [2.45, 2.75) is 0 Å². The highest BCUT2D eigenvalue weighted by Crippen LogP contribution is 2.26. The Morgan fingerprint density at radius 3 is 2.38 bits per heavy atom. The van der Waals surface area contributed by atoms with Gasteiger partial charge in [-0.3, -0.25) is 10.1 Å². The average molecular weight is 480 g/mol. The van der Waals surface area contributed by atoms with Crippen molar-refractivity contribution >= 4 is 57.2 Å². The zero-order valence-corrected chi connectivity index (χ0v) is 17.5. The zero-order valence-electron chi connectivity index (χ0n) is 14.5. The Morgan fingerprint density at radius 2 is 1.69 bits per heavy atom. The Hall–Kier alpha value is -1.71. The maximum Gasteiger partial charge on any atom is 0.257 e. The van der Waals surface area contributed by atoms with E-state index in [1.165, 1.54) is 0 Å². The summed E-state index contributed by atoms with van der Waals surface area (Å²) in [6.07, 6.45) is 0. The fraction of sp³-hybridized carbons (Fsp3) is 0.263. The molecule has 0 bridgehead atoms. The molecule has 1 fully saturated rings. The van der Waals surface area contributed by atoms with Crippen LogP contribution in [0.25, 0.3) is 0 Å². The van der Waals surface area contributed by atoms with Crippen molar-refractivity contribution in [3.05, 3.63) is 57.7 Å². The number of benzene rings is 2. The van der Waals surface area contributed by atoms with Crippen LogP contribution >= 0.6 is 34.8 Å². The molecule has 26 heavy (non-hydrogen) atoms. The van der Waals surface area contributed by atoms with Gasteiger partial charge in [-0.2, -0.15) is 0 Å². The highest BCUT2D eigenvalue weighted by atomic mass is 127. The van der Waals surface area contributed by atoms with Gasteiger partial charge < -0.3 is 15.1 Å². The van der Waals surface area contributed by atoms with Crippen LogP contribution in [0.4, 0.5) is 11.4 Å². The summed E-state index contributed by atoms with van der Waals surface area (Å²) in [6, 6.07) is 15.4. The van der Waals surface area contributed by atoms with E-state index in [4.69, 9.17) is 12.2 Å². The molecule has 0 atom stereocenters. The fourth-order valence-corrected chi connectivity index (χ4v) is 3.39. The number of likely N-dealkylation sites (N-methyl/N-ethyl adjacent to an activating group) is 1. The van der Waals surface area contributed by atoms with E-state index in [-0.39, 0.29) is 5.91 Å². The van der Waals surface area contributed by atoms with Crippen molar-refractivity contribution in [3.8, 4) is 0 Å². The second-order valence-corrected chi connectivity index (χ2v) is 7.88. The highest BCUT2D eigenvalue weighted by Gasteiger charge is 2.17. The number of nitrogens with zero attached hydrogens (tertiary/aromatic N) is 2. The molecule has 2 N–H and O–H groups in total. The molecule has 1 amide bonds. The number of thiocarbonyl (C=S) groups is 1. The molecule has 0 aromatic heterocycles. The Balaban J connectivity index is 1.66. The molecule has 7 heteroatoms. The standard InChI is InChI=1S/C19H21IN4OS/c1-23-10-12-24(13-11-23)17-5-3-2-4-16(17)21-19(26)22-18(25)14-6-8-15(20)9-7-14/h2-9H,10-13H2,1H3,(H2,21,22,25,26). The van der Waals surface area contributed by atoms with Gasteiger partial charge in [0.1, 0.15) is 0 Å². The molecule has 1 saturated heterocycles. The van der Waals surface area contributed by atoms with Crippen LogP contribution in [-0.2, 0) is 0 Å². The van der Waals surface area contributed by atoms with Crippen molar-refractivity contribution in [1.82, 2.24) is 10.2 Å². The van der Waals surface area contributed by atoms with Crippen LogP contribution in [0.3, 0.4) is 0 Å². The van der Waals surface area contributed by atoms with Crippen molar-refractivity contribution in [3.63, 3.8) is 0 Å². The van der Waals surface area contributed by atoms with Crippen LogP contribution in [0, 0.1) is 3.57 Å². The summed E-state index contributed by atoms with van der Waals surface area (Å²) in [5, 5.41) is 6.23. The van der Waals surface area contributed by atoms with E-state index in [0.29, 0.717) is 10.7 Å². The average Bonchev–Trinajstić information content (AvgIpc) is 2.63. The van der Waals surface area contributed by atoms with Crippen LogP contribution < -0.4 is 15.5 Å². The van der Waals surface area contributed by atoms with Gasteiger partial charge in [-0.25, -0.2) is 0 Å². The number of para-hydroxylation sites is 2. The smallest absolute Gasteiger partial charge is 0.257 e. The molecule has 0 aliphatic carbocycles. The minimum atomic E-state index is -0.212. The monoisotopic (exact) mass is 480 g/mol. The maximum absolute atomic E-state index is 12.3. The lowest BCUT2D eigenvalue weighted by atomic mass is 10.2. The van der Waals surface area contributed by atoms with Crippen LogP contribution in [0.1, 0.15) is 10.4 Å². The van der Waals surface area contributed by atoms with Crippen LogP contribution in [-0.4, -0.2) is 49.1 Å². The number of halogens is 1. The summed E-state index contributed by atoms with van der Waals surface area (Å²) >= 11 is 7.56. The number of rotatable bonds is 3. The number of carbonyl (C=O) groups is 1. The molecule has 1 aliphatic heterocycles. The summed E-state index contributed by atoms with van der Waals surface area (Å²) in [6.45, 7) is 4.00. The molecule has 5 nitrogen and oxygen atoms in total. The third-order valence-corrected chi connectivity index (χ3v) is 5.25. The van der Waals surface area contributed by atoms with Gasteiger partial charge in [-0.15, -0.1) is 0 Å².